The van der Waals surface area contributed by atoms with E-state index in [1.807, 2.05) is 0 Å². The van der Waals surface area contributed by atoms with Crippen LogP contribution in [0.3, 0.4) is 0 Å². The van der Waals surface area contributed by atoms with E-state index in [-0.39, 0.29) is 28.9 Å². The van der Waals surface area contributed by atoms with Crippen LogP contribution in [0.1, 0.15) is 16.9 Å². The Morgan fingerprint density at radius 3 is 2.67 bits per heavy atom. The monoisotopic (exact) mass is 294 g/mol. The Balaban J connectivity index is 2.69. The number of aromatic nitrogens is 1. The SMILES string of the molecule is COCCC(NC(=O)c1cc(Cl)c(Cl)[nH]1)C(=O)O. The third-order valence-corrected chi connectivity index (χ3v) is 2.88. The van der Waals surface area contributed by atoms with Crippen molar-refractivity contribution in [2.75, 3.05) is 13.7 Å². The minimum atomic E-state index is -1.14. The number of carboxylic acids is 1. The number of H-pyrrole nitrogens is 1. The maximum absolute atomic E-state index is 11.7. The van der Waals surface area contributed by atoms with Crippen molar-refractivity contribution in [3.8, 4) is 0 Å². The fraction of sp³-hybridized carbons (Fsp3) is 0.400. The lowest BCUT2D eigenvalue weighted by Crippen LogP contribution is -2.41. The molecular formula is C10H12Cl2N2O4. The quantitative estimate of drug-likeness (QED) is 0.742. The second-order valence-electron chi connectivity index (χ2n) is 3.49. The molecule has 6 nitrogen and oxygen atoms in total. The summed E-state index contributed by atoms with van der Waals surface area (Å²) in [6.45, 7) is 0.226. The first-order valence-corrected chi connectivity index (χ1v) is 5.78. The van der Waals surface area contributed by atoms with Crippen LogP contribution in [-0.4, -0.2) is 41.7 Å². The molecule has 100 valence electrons. The molecular weight excluding hydrogens is 283 g/mol. The fourth-order valence-corrected chi connectivity index (χ4v) is 1.57. The first-order valence-electron chi connectivity index (χ1n) is 5.02. The van der Waals surface area contributed by atoms with E-state index < -0.39 is 17.9 Å². The summed E-state index contributed by atoms with van der Waals surface area (Å²) in [4.78, 5) is 25.2. The van der Waals surface area contributed by atoms with Crippen LogP contribution in [0.25, 0.3) is 0 Å². The lowest BCUT2D eigenvalue weighted by Gasteiger charge is -2.13. The van der Waals surface area contributed by atoms with Crippen molar-refractivity contribution < 1.29 is 19.4 Å². The van der Waals surface area contributed by atoms with Gasteiger partial charge in [0.25, 0.3) is 5.91 Å². The summed E-state index contributed by atoms with van der Waals surface area (Å²) in [5.74, 6) is -1.73. The summed E-state index contributed by atoms with van der Waals surface area (Å²) in [6, 6.07) is 0.298. The van der Waals surface area contributed by atoms with Gasteiger partial charge in [-0.15, -0.1) is 0 Å². The van der Waals surface area contributed by atoms with E-state index >= 15 is 0 Å². The molecule has 1 amide bonds. The molecule has 3 N–H and O–H groups in total. The van der Waals surface area contributed by atoms with Gasteiger partial charge in [-0.3, -0.25) is 4.79 Å². The van der Waals surface area contributed by atoms with Gasteiger partial charge in [0.1, 0.15) is 16.9 Å². The zero-order valence-corrected chi connectivity index (χ0v) is 11.0. The average Bonchev–Trinajstić information content (AvgIpc) is 2.64. The number of ether oxygens (including phenoxy) is 1. The molecule has 0 aliphatic heterocycles. The Morgan fingerprint density at radius 1 is 1.56 bits per heavy atom. The second-order valence-corrected chi connectivity index (χ2v) is 4.28. The highest BCUT2D eigenvalue weighted by atomic mass is 35.5. The van der Waals surface area contributed by atoms with Crippen LogP contribution in [-0.2, 0) is 9.53 Å². The smallest absolute Gasteiger partial charge is 0.326 e. The second kappa shape index (κ2) is 6.63. The lowest BCUT2D eigenvalue weighted by atomic mass is 10.2. The van der Waals surface area contributed by atoms with Crippen LogP contribution >= 0.6 is 23.2 Å². The highest BCUT2D eigenvalue weighted by molar-refractivity contribution is 6.41. The van der Waals surface area contributed by atoms with Gasteiger partial charge in [-0.1, -0.05) is 23.2 Å². The van der Waals surface area contributed by atoms with Gasteiger partial charge in [0.2, 0.25) is 0 Å². The average molecular weight is 295 g/mol. The Hall–Kier alpha value is -1.24. The maximum atomic E-state index is 11.7. The summed E-state index contributed by atoms with van der Waals surface area (Å²) in [6.07, 6.45) is 0.166. The summed E-state index contributed by atoms with van der Waals surface area (Å²) in [7, 11) is 1.45. The molecule has 1 rings (SSSR count). The van der Waals surface area contributed by atoms with Crippen molar-refractivity contribution >= 4 is 35.1 Å². The summed E-state index contributed by atoms with van der Waals surface area (Å²) >= 11 is 11.3. The maximum Gasteiger partial charge on any atom is 0.326 e. The van der Waals surface area contributed by atoms with E-state index in [0.717, 1.165) is 0 Å². The topological polar surface area (TPSA) is 91.4 Å². The molecule has 1 aromatic heterocycles. The molecule has 8 heteroatoms. The number of amides is 1. The highest BCUT2D eigenvalue weighted by Gasteiger charge is 2.21. The standard InChI is InChI=1S/C10H12Cl2N2O4/c1-18-3-2-6(10(16)17)14-9(15)7-4-5(11)8(12)13-7/h4,6,13H,2-3H2,1H3,(H,14,15)(H,16,17). The summed E-state index contributed by atoms with van der Waals surface area (Å²) in [5, 5.41) is 11.6. The Morgan fingerprint density at radius 2 is 2.22 bits per heavy atom. The van der Waals surface area contributed by atoms with Crippen molar-refractivity contribution in [1.82, 2.24) is 10.3 Å². The van der Waals surface area contributed by atoms with E-state index in [2.05, 4.69) is 10.3 Å². The predicted molar refractivity (Wildman–Crippen MR) is 66.2 cm³/mol. The number of aliphatic carboxylic acids is 1. The van der Waals surface area contributed by atoms with Gasteiger partial charge >= 0.3 is 5.97 Å². The minimum Gasteiger partial charge on any atom is -0.480 e. The number of hydrogen-bond acceptors (Lipinski definition) is 3. The van der Waals surface area contributed by atoms with Crippen LogP contribution in [0.15, 0.2) is 6.07 Å². The zero-order chi connectivity index (χ0) is 13.7. The molecule has 0 bridgehead atoms. The highest BCUT2D eigenvalue weighted by Crippen LogP contribution is 2.21. The molecule has 0 fully saturated rings. The van der Waals surface area contributed by atoms with Crippen LogP contribution in [0.4, 0.5) is 0 Å². The van der Waals surface area contributed by atoms with E-state index in [0.29, 0.717) is 0 Å². The summed E-state index contributed by atoms with van der Waals surface area (Å²) in [5.41, 5.74) is 0.105. The van der Waals surface area contributed by atoms with Crippen molar-refractivity contribution in [2.24, 2.45) is 0 Å². The normalized spacial score (nSPS) is 12.2. The first kappa shape index (κ1) is 14.8. The minimum absolute atomic E-state index is 0.105. The molecule has 1 atom stereocenters. The van der Waals surface area contributed by atoms with Gasteiger partial charge in [-0.2, -0.15) is 0 Å². The van der Waals surface area contributed by atoms with Crippen molar-refractivity contribution in [3.63, 3.8) is 0 Å². The molecule has 1 heterocycles. The largest absolute Gasteiger partial charge is 0.480 e. The number of methoxy groups -OCH3 is 1. The van der Waals surface area contributed by atoms with Crippen LogP contribution in [0.2, 0.25) is 10.2 Å². The van der Waals surface area contributed by atoms with Gasteiger partial charge in [-0.25, -0.2) is 4.79 Å². The Kier molecular flexibility index (Phi) is 5.46. The Bertz CT molecular complexity index is 428. The number of carbonyl (C=O) groups excluding carboxylic acids is 1. The van der Waals surface area contributed by atoms with Gasteiger partial charge in [0.05, 0.1) is 5.02 Å². The number of hydrogen-bond donors (Lipinski definition) is 3. The van der Waals surface area contributed by atoms with E-state index in [9.17, 15) is 9.59 Å². The molecule has 0 aliphatic rings. The van der Waals surface area contributed by atoms with Gasteiger partial charge in [0, 0.05) is 20.1 Å². The molecule has 0 saturated carbocycles. The molecule has 0 aliphatic carbocycles. The number of carboxylic acid groups (broad SMARTS) is 1. The van der Waals surface area contributed by atoms with E-state index in [1.54, 1.807) is 0 Å². The van der Waals surface area contributed by atoms with Gasteiger partial charge < -0.3 is 20.1 Å². The van der Waals surface area contributed by atoms with Crippen molar-refractivity contribution in [1.29, 1.82) is 0 Å². The third kappa shape index (κ3) is 3.90. The van der Waals surface area contributed by atoms with Gasteiger partial charge in [0.15, 0.2) is 0 Å². The summed E-state index contributed by atoms with van der Waals surface area (Å²) < 4.78 is 4.77. The molecule has 0 spiro atoms. The lowest BCUT2D eigenvalue weighted by molar-refractivity contribution is -0.139. The van der Waals surface area contributed by atoms with Crippen LogP contribution in [0, 0.1) is 0 Å². The molecule has 0 saturated heterocycles. The zero-order valence-electron chi connectivity index (χ0n) is 9.50. The number of carbonyl (C=O) groups is 2. The van der Waals surface area contributed by atoms with Crippen molar-refractivity contribution in [2.45, 2.75) is 12.5 Å². The third-order valence-electron chi connectivity index (χ3n) is 2.18. The number of rotatable bonds is 6. The molecule has 1 unspecified atom stereocenters. The van der Waals surface area contributed by atoms with E-state index in [1.165, 1.54) is 13.2 Å². The first-order chi connectivity index (χ1) is 8.45. The number of halogens is 2. The predicted octanol–water partition coefficient (Wildman–Crippen LogP) is 1.54. The van der Waals surface area contributed by atoms with Crippen molar-refractivity contribution in [3.05, 3.63) is 21.9 Å². The molecule has 1 aromatic rings. The number of nitrogens with one attached hydrogen (secondary N) is 2. The van der Waals surface area contributed by atoms with Gasteiger partial charge in [-0.05, 0) is 6.07 Å². The molecule has 0 aromatic carbocycles. The Labute approximate surface area is 113 Å². The van der Waals surface area contributed by atoms with E-state index in [4.69, 9.17) is 33.0 Å². The number of aromatic amines is 1. The van der Waals surface area contributed by atoms with Crippen LogP contribution < -0.4 is 5.32 Å². The van der Waals surface area contributed by atoms with Crippen LogP contribution in [0.5, 0.6) is 0 Å². The fourth-order valence-electron chi connectivity index (χ4n) is 1.26. The molecule has 18 heavy (non-hydrogen) atoms. The molecule has 0 radical (unpaired) electrons.